The second-order valence-corrected chi connectivity index (χ2v) is 6.33. The number of hydrogen-bond acceptors (Lipinski definition) is 3. The Morgan fingerprint density at radius 1 is 1.45 bits per heavy atom. The summed E-state index contributed by atoms with van der Waals surface area (Å²) >= 11 is 1.62. The first-order chi connectivity index (χ1) is 9.34. The van der Waals surface area contributed by atoms with Crippen molar-refractivity contribution in [3.63, 3.8) is 0 Å². The number of carbonyl (C=O) groups excluding carboxylic acids is 1. The van der Waals surface area contributed by atoms with E-state index in [0.717, 1.165) is 4.88 Å². The Morgan fingerprint density at radius 3 is 2.65 bits per heavy atom. The first-order valence-electron chi connectivity index (χ1n) is 6.65. The number of nitrogens with zero attached hydrogens (tertiary/aromatic N) is 1. The zero-order chi connectivity index (χ0) is 15.2. The molecule has 0 atom stereocenters. The van der Waals surface area contributed by atoms with Crippen LogP contribution in [0, 0.1) is 0 Å². The molecule has 5 nitrogen and oxygen atoms in total. The van der Waals surface area contributed by atoms with Crippen LogP contribution in [0.2, 0.25) is 0 Å². The van der Waals surface area contributed by atoms with E-state index < -0.39 is 11.5 Å². The molecule has 0 aliphatic rings. The lowest BCUT2D eigenvalue weighted by Gasteiger charge is -2.30. The molecule has 0 saturated carbocycles. The number of thiophene rings is 1. The van der Waals surface area contributed by atoms with Crippen molar-refractivity contribution in [1.29, 1.82) is 0 Å². The smallest absolute Gasteiger partial charge is 0.318 e. The highest BCUT2D eigenvalue weighted by molar-refractivity contribution is 7.09. The van der Waals surface area contributed by atoms with Crippen molar-refractivity contribution in [2.24, 2.45) is 0 Å². The van der Waals surface area contributed by atoms with Gasteiger partial charge in [0.1, 0.15) is 0 Å². The van der Waals surface area contributed by atoms with Crippen molar-refractivity contribution < 1.29 is 14.7 Å². The number of carboxylic acid groups (broad SMARTS) is 1. The fourth-order valence-corrected chi connectivity index (χ4v) is 2.49. The summed E-state index contributed by atoms with van der Waals surface area (Å²) in [5.74, 6) is -0.849. The number of amides is 2. The highest BCUT2D eigenvalue weighted by Crippen LogP contribution is 2.15. The normalized spacial score (nSPS) is 11.2. The van der Waals surface area contributed by atoms with Crippen molar-refractivity contribution in [2.75, 3.05) is 6.54 Å². The monoisotopic (exact) mass is 298 g/mol. The van der Waals surface area contributed by atoms with E-state index in [1.165, 1.54) is 0 Å². The van der Waals surface area contributed by atoms with Crippen LogP contribution < -0.4 is 5.32 Å². The van der Waals surface area contributed by atoms with Crippen molar-refractivity contribution in [1.82, 2.24) is 10.2 Å². The average Bonchev–Trinajstić information content (AvgIpc) is 2.85. The maximum atomic E-state index is 12.2. The van der Waals surface area contributed by atoms with Crippen molar-refractivity contribution in [3.8, 4) is 0 Å². The van der Waals surface area contributed by atoms with E-state index in [0.29, 0.717) is 19.5 Å². The fourth-order valence-electron chi connectivity index (χ4n) is 1.77. The first-order valence-corrected chi connectivity index (χ1v) is 7.53. The topological polar surface area (TPSA) is 69.6 Å². The highest BCUT2D eigenvalue weighted by Gasteiger charge is 2.24. The summed E-state index contributed by atoms with van der Waals surface area (Å²) in [5.41, 5.74) is -0.529. The van der Waals surface area contributed by atoms with Gasteiger partial charge in [-0.05, 0) is 38.6 Å². The molecular weight excluding hydrogens is 276 g/mol. The Kier molecular flexibility index (Phi) is 6.01. The first kappa shape index (κ1) is 16.5. The summed E-state index contributed by atoms with van der Waals surface area (Å²) < 4.78 is 0. The van der Waals surface area contributed by atoms with Gasteiger partial charge in [-0.3, -0.25) is 4.79 Å². The third-order valence-electron chi connectivity index (χ3n) is 3.00. The molecule has 20 heavy (non-hydrogen) atoms. The summed E-state index contributed by atoms with van der Waals surface area (Å²) in [5, 5.41) is 13.6. The third-order valence-corrected chi connectivity index (χ3v) is 3.87. The maximum Gasteiger partial charge on any atom is 0.318 e. The molecule has 0 aromatic carbocycles. The van der Waals surface area contributed by atoms with Crippen molar-refractivity contribution >= 4 is 23.3 Å². The van der Waals surface area contributed by atoms with Gasteiger partial charge in [0.05, 0.1) is 6.54 Å². The molecule has 0 saturated heterocycles. The van der Waals surface area contributed by atoms with Crippen LogP contribution in [0.1, 0.15) is 38.5 Å². The van der Waals surface area contributed by atoms with Crippen LogP contribution in [0.3, 0.4) is 0 Å². The van der Waals surface area contributed by atoms with Crippen LogP contribution in [0.5, 0.6) is 0 Å². The number of rotatable bonds is 7. The highest BCUT2D eigenvalue weighted by atomic mass is 32.1. The molecule has 1 aromatic heterocycles. The van der Waals surface area contributed by atoms with E-state index in [9.17, 15) is 9.59 Å². The number of carbonyl (C=O) groups is 2. The Labute approximate surface area is 123 Å². The van der Waals surface area contributed by atoms with E-state index in [1.807, 2.05) is 38.3 Å². The SMILES string of the molecule is CCN(Cc1cccs1)C(=O)NC(C)(C)CCC(=O)O. The van der Waals surface area contributed by atoms with Gasteiger partial charge < -0.3 is 15.3 Å². The molecule has 6 heteroatoms. The van der Waals surface area contributed by atoms with Gasteiger partial charge in [0.2, 0.25) is 0 Å². The summed E-state index contributed by atoms with van der Waals surface area (Å²) in [6.45, 7) is 6.80. The maximum absolute atomic E-state index is 12.2. The van der Waals surface area contributed by atoms with Gasteiger partial charge in [-0.15, -0.1) is 11.3 Å². The molecule has 0 aliphatic heterocycles. The van der Waals surface area contributed by atoms with E-state index >= 15 is 0 Å². The van der Waals surface area contributed by atoms with Gasteiger partial charge in [-0.2, -0.15) is 0 Å². The van der Waals surface area contributed by atoms with Crippen LogP contribution in [0.25, 0.3) is 0 Å². The van der Waals surface area contributed by atoms with E-state index in [-0.39, 0.29) is 12.5 Å². The number of carboxylic acids is 1. The molecule has 1 rings (SSSR count). The van der Waals surface area contributed by atoms with Gasteiger partial charge in [-0.25, -0.2) is 4.79 Å². The van der Waals surface area contributed by atoms with Crippen LogP contribution in [0.4, 0.5) is 4.79 Å². The second kappa shape index (κ2) is 7.28. The summed E-state index contributed by atoms with van der Waals surface area (Å²) in [7, 11) is 0. The predicted molar refractivity (Wildman–Crippen MR) is 79.9 cm³/mol. The lowest BCUT2D eigenvalue weighted by atomic mass is 9.99. The molecule has 0 spiro atoms. The van der Waals surface area contributed by atoms with Crippen molar-refractivity contribution in [3.05, 3.63) is 22.4 Å². The summed E-state index contributed by atoms with van der Waals surface area (Å²) in [6.07, 6.45) is 0.453. The Hall–Kier alpha value is -1.56. The lowest BCUT2D eigenvalue weighted by molar-refractivity contribution is -0.137. The molecule has 2 amide bonds. The number of nitrogens with one attached hydrogen (secondary N) is 1. The number of hydrogen-bond donors (Lipinski definition) is 2. The molecule has 0 radical (unpaired) electrons. The lowest BCUT2D eigenvalue weighted by Crippen LogP contribution is -2.49. The summed E-state index contributed by atoms with van der Waals surface area (Å²) in [6, 6.07) is 3.80. The van der Waals surface area contributed by atoms with Gasteiger partial charge in [-0.1, -0.05) is 6.07 Å². The van der Waals surface area contributed by atoms with E-state index in [1.54, 1.807) is 16.2 Å². The number of urea groups is 1. The minimum atomic E-state index is -0.849. The second-order valence-electron chi connectivity index (χ2n) is 5.30. The molecule has 0 unspecified atom stereocenters. The largest absolute Gasteiger partial charge is 0.481 e. The van der Waals surface area contributed by atoms with Crippen LogP contribution in [-0.2, 0) is 11.3 Å². The quantitative estimate of drug-likeness (QED) is 0.813. The Balaban J connectivity index is 2.55. The van der Waals surface area contributed by atoms with Gasteiger partial charge in [0, 0.05) is 23.4 Å². The van der Waals surface area contributed by atoms with Gasteiger partial charge in [0.15, 0.2) is 0 Å². The predicted octanol–water partition coefficient (Wildman–Crippen LogP) is 2.92. The van der Waals surface area contributed by atoms with Crippen LogP contribution in [0.15, 0.2) is 17.5 Å². The van der Waals surface area contributed by atoms with E-state index in [4.69, 9.17) is 5.11 Å². The summed E-state index contributed by atoms with van der Waals surface area (Å²) in [4.78, 5) is 25.7. The average molecular weight is 298 g/mol. The minimum Gasteiger partial charge on any atom is -0.481 e. The molecule has 112 valence electrons. The third kappa shape index (κ3) is 5.61. The van der Waals surface area contributed by atoms with E-state index in [2.05, 4.69) is 5.32 Å². The fraction of sp³-hybridized carbons (Fsp3) is 0.571. The standard InChI is InChI=1S/C14H22N2O3S/c1-4-16(10-11-6-5-9-20-11)13(19)15-14(2,3)8-7-12(17)18/h5-6,9H,4,7-8,10H2,1-3H3,(H,15,19)(H,17,18). The molecule has 0 aliphatic carbocycles. The minimum absolute atomic E-state index is 0.0460. The molecule has 2 N–H and O–H groups in total. The molecule has 1 aromatic rings. The molecular formula is C14H22N2O3S. The molecule has 0 fully saturated rings. The van der Waals surface area contributed by atoms with Crippen LogP contribution in [-0.4, -0.2) is 34.1 Å². The van der Waals surface area contributed by atoms with Crippen LogP contribution >= 0.6 is 11.3 Å². The molecule has 1 heterocycles. The Bertz CT molecular complexity index is 443. The molecule has 0 bridgehead atoms. The Morgan fingerprint density at radius 2 is 2.15 bits per heavy atom. The number of aliphatic carboxylic acids is 1. The zero-order valence-electron chi connectivity index (χ0n) is 12.2. The zero-order valence-corrected chi connectivity index (χ0v) is 13.0. The van der Waals surface area contributed by atoms with Crippen molar-refractivity contribution in [2.45, 2.75) is 45.7 Å². The van der Waals surface area contributed by atoms with Gasteiger partial charge in [0.25, 0.3) is 0 Å². The van der Waals surface area contributed by atoms with Gasteiger partial charge >= 0.3 is 12.0 Å².